The molecule has 0 bridgehead atoms. The molecule has 1 unspecified atom stereocenters. The van der Waals surface area contributed by atoms with E-state index < -0.39 is 10.3 Å². The summed E-state index contributed by atoms with van der Waals surface area (Å²) in [5, 5.41) is 11.6. The second-order valence-electron chi connectivity index (χ2n) is 2.67. The average Bonchev–Trinajstić information content (AvgIpc) is 2.03. The van der Waals surface area contributed by atoms with Crippen molar-refractivity contribution in [2.24, 2.45) is 0 Å². The van der Waals surface area contributed by atoms with Crippen molar-refractivity contribution in [3.8, 4) is 0 Å². The second-order valence-corrected chi connectivity index (χ2v) is 4.08. The zero-order valence-electron chi connectivity index (χ0n) is 6.47. The molecule has 0 aromatic rings. The number of piperazine rings is 1. The van der Waals surface area contributed by atoms with Crippen LogP contribution in [0.2, 0.25) is 0 Å². The summed E-state index contributed by atoms with van der Waals surface area (Å²) in [6, 6.07) is -0.277. The Labute approximate surface area is 71.1 Å². The van der Waals surface area contributed by atoms with Gasteiger partial charge in [-0.3, -0.25) is 4.55 Å². The molecule has 1 atom stereocenters. The molecule has 7 heteroatoms. The van der Waals surface area contributed by atoms with Crippen LogP contribution in [-0.2, 0) is 10.3 Å². The molecule has 0 radical (unpaired) electrons. The molecule has 0 aromatic carbocycles. The van der Waals surface area contributed by atoms with Gasteiger partial charge in [0.15, 0.2) is 0 Å². The summed E-state index contributed by atoms with van der Waals surface area (Å²) >= 11 is 0. The number of aliphatic hydroxyl groups is 1. The number of aliphatic hydroxyl groups excluding tert-OH is 1. The van der Waals surface area contributed by atoms with Crippen LogP contribution in [0.1, 0.15) is 0 Å². The molecule has 6 nitrogen and oxygen atoms in total. The Morgan fingerprint density at radius 2 is 2.25 bits per heavy atom. The molecule has 1 fully saturated rings. The first-order valence-corrected chi connectivity index (χ1v) is 5.00. The van der Waals surface area contributed by atoms with E-state index >= 15 is 0 Å². The van der Waals surface area contributed by atoms with Gasteiger partial charge in [0.05, 0.1) is 6.61 Å². The molecular weight excluding hydrogens is 184 g/mol. The summed E-state index contributed by atoms with van der Waals surface area (Å²) in [5.41, 5.74) is 0. The Kier molecular flexibility index (Phi) is 3.02. The fourth-order valence-corrected chi connectivity index (χ4v) is 1.82. The third kappa shape index (κ3) is 2.39. The van der Waals surface area contributed by atoms with E-state index in [4.69, 9.17) is 9.66 Å². The largest absolute Gasteiger partial charge is 0.395 e. The number of hydrogen-bond donors (Lipinski definition) is 3. The van der Waals surface area contributed by atoms with E-state index in [-0.39, 0.29) is 25.7 Å². The minimum Gasteiger partial charge on any atom is -0.395 e. The monoisotopic (exact) mass is 196 g/mol. The summed E-state index contributed by atoms with van der Waals surface area (Å²) in [6.45, 7) is 0.682. The number of nitrogens with zero attached hydrogens (tertiary/aromatic N) is 1. The first kappa shape index (κ1) is 9.87. The zero-order valence-corrected chi connectivity index (χ0v) is 7.29. The van der Waals surface area contributed by atoms with Crippen LogP contribution < -0.4 is 5.32 Å². The third-order valence-electron chi connectivity index (χ3n) is 1.76. The van der Waals surface area contributed by atoms with Crippen molar-refractivity contribution < 1.29 is 18.1 Å². The quantitative estimate of drug-likeness (QED) is 0.447. The molecule has 0 aromatic heterocycles. The Bertz CT molecular complexity index is 240. The van der Waals surface area contributed by atoms with Crippen LogP contribution in [0.3, 0.4) is 0 Å². The van der Waals surface area contributed by atoms with E-state index in [0.29, 0.717) is 6.54 Å². The van der Waals surface area contributed by atoms with Crippen LogP contribution in [0.5, 0.6) is 0 Å². The topological polar surface area (TPSA) is 89.9 Å². The van der Waals surface area contributed by atoms with Gasteiger partial charge in [0.2, 0.25) is 0 Å². The van der Waals surface area contributed by atoms with Crippen molar-refractivity contribution in [1.82, 2.24) is 9.62 Å². The standard InChI is InChI=1S/C5H12N2O4S/c8-4-5-3-7(2-1-6-5)12(9,10)11/h5-6,8H,1-4H2,(H,9,10,11). The maximum absolute atomic E-state index is 10.6. The van der Waals surface area contributed by atoms with Gasteiger partial charge >= 0.3 is 10.3 Å². The van der Waals surface area contributed by atoms with Gasteiger partial charge in [-0.25, -0.2) is 0 Å². The van der Waals surface area contributed by atoms with Crippen molar-refractivity contribution in [2.45, 2.75) is 6.04 Å². The molecule has 1 heterocycles. The lowest BCUT2D eigenvalue weighted by Crippen LogP contribution is -2.53. The summed E-state index contributed by atoms with van der Waals surface area (Å²) in [5.74, 6) is 0. The lowest BCUT2D eigenvalue weighted by molar-refractivity contribution is 0.189. The Morgan fingerprint density at radius 1 is 1.58 bits per heavy atom. The minimum absolute atomic E-state index is 0.120. The summed E-state index contributed by atoms with van der Waals surface area (Å²) in [7, 11) is -4.09. The van der Waals surface area contributed by atoms with Gasteiger partial charge < -0.3 is 10.4 Å². The highest BCUT2D eigenvalue weighted by Crippen LogP contribution is 2.02. The van der Waals surface area contributed by atoms with Gasteiger partial charge in [0.1, 0.15) is 0 Å². The molecule has 72 valence electrons. The molecule has 1 rings (SSSR count). The maximum Gasteiger partial charge on any atom is 0.336 e. The maximum atomic E-state index is 10.6. The van der Waals surface area contributed by atoms with E-state index in [2.05, 4.69) is 5.32 Å². The van der Waals surface area contributed by atoms with Gasteiger partial charge in [-0.1, -0.05) is 0 Å². The van der Waals surface area contributed by atoms with Crippen LogP contribution in [0.15, 0.2) is 0 Å². The Hall–Kier alpha value is -0.210. The normalized spacial score (nSPS) is 27.3. The fourth-order valence-electron chi connectivity index (χ4n) is 1.13. The number of hydrogen-bond acceptors (Lipinski definition) is 4. The number of nitrogens with one attached hydrogen (secondary N) is 1. The van der Waals surface area contributed by atoms with Gasteiger partial charge in [-0.2, -0.15) is 12.7 Å². The highest BCUT2D eigenvalue weighted by atomic mass is 32.2. The minimum atomic E-state index is -4.09. The summed E-state index contributed by atoms with van der Waals surface area (Å²) in [4.78, 5) is 0. The summed E-state index contributed by atoms with van der Waals surface area (Å²) < 4.78 is 30.8. The van der Waals surface area contributed by atoms with Crippen LogP contribution in [0.25, 0.3) is 0 Å². The number of rotatable bonds is 2. The predicted molar refractivity (Wildman–Crippen MR) is 42.0 cm³/mol. The van der Waals surface area contributed by atoms with E-state index in [1.807, 2.05) is 0 Å². The van der Waals surface area contributed by atoms with Gasteiger partial charge in [0, 0.05) is 25.7 Å². The molecule has 0 saturated carbocycles. The Balaban J connectivity index is 2.58. The van der Waals surface area contributed by atoms with Gasteiger partial charge in [-0.05, 0) is 0 Å². The molecule has 1 aliphatic rings. The van der Waals surface area contributed by atoms with Crippen molar-refractivity contribution in [2.75, 3.05) is 26.2 Å². The van der Waals surface area contributed by atoms with Gasteiger partial charge in [-0.15, -0.1) is 0 Å². The van der Waals surface area contributed by atoms with E-state index in [9.17, 15) is 8.42 Å². The molecule has 12 heavy (non-hydrogen) atoms. The van der Waals surface area contributed by atoms with Crippen LogP contribution in [0, 0.1) is 0 Å². The molecule has 3 N–H and O–H groups in total. The zero-order chi connectivity index (χ0) is 9.19. The molecule has 1 aliphatic heterocycles. The van der Waals surface area contributed by atoms with Crippen LogP contribution in [-0.4, -0.2) is 54.7 Å². The SMILES string of the molecule is O=S(=O)(O)N1CCNC(CO)C1. The Morgan fingerprint density at radius 3 is 2.75 bits per heavy atom. The van der Waals surface area contributed by atoms with Crippen molar-refractivity contribution in [3.63, 3.8) is 0 Å². The molecule has 0 amide bonds. The smallest absolute Gasteiger partial charge is 0.336 e. The first-order chi connectivity index (χ1) is 5.54. The molecule has 1 saturated heterocycles. The summed E-state index contributed by atoms with van der Waals surface area (Å²) in [6.07, 6.45) is 0. The highest BCUT2D eigenvalue weighted by Gasteiger charge is 2.26. The van der Waals surface area contributed by atoms with Crippen molar-refractivity contribution >= 4 is 10.3 Å². The predicted octanol–water partition coefficient (Wildman–Crippen LogP) is -1.94. The molecular formula is C5H12N2O4S. The lowest BCUT2D eigenvalue weighted by Gasteiger charge is -2.29. The van der Waals surface area contributed by atoms with Crippen LogP contribution >= 0.6 is 0 Å². The van der Waals surface area contributed by atoms with Crippen molar-refractivity contribution in [3.05, 3.63) is 0 Å². The average molecular weight is 196 g/mol. The van der Waals surface area contributed by atoms with E-state index in [1.54, 1.807) is 0 Å². The van der Waals surface area contributed by atoms with E-state index in [1.165, 1.54) is 0 Å². The second kappa shape index (κ2) is 3.67. The molecule has 0 spiro atoms. The van der Waals surface area contributed by atoms with E-state index in [0.717, 1.165) is 4.31 Å². The van der Waals surface area contributed by atoms with Crippen LogP contribution in [0.4, 0.5) is 0 Å². The first-order valence-electron chi connectivity index (χ1n) is 3.61. The third-order valence-corrected chi connectivity index (χ3v) is 2.75. The lowest BCUT2D eigenvalue weighted by atomic mass is 10.2. The van der Waals surface area contributed by atoms with Crippen molar-refractivity contribution in [1.29, 1.82) is 0 Å². The highest BCUT2D eigenvalue weighted by molar-refractivity contribution is 7.83. The molecule has 0 aliphatic carbocycles. The van der Waals surface area contributed by atoms with Gasteiger partial charge in [0.25, 0.3) is 0 Å². The fraction of sp³-hybridized carbons (Fsp3) is 1.00.